The number of carbonyl (C=O) groups is 2. The van der Waals surface area contributed by atoms with Crippen molar-refractivity contribution in [2.75, 3.05) is 24.1 Å². The van der Waals surface area contributed by atoms with E-state index in [0.717, 1.165) is 11.6 Å². The third-order valence-corrected chi connectivity index (χ3v) is 7.31. The van der Waals surface area contributed by atoms with Gasteiger partial charge in [-0.3, -0.25) is 9.59 Å². The molecule has 3 heterocycles. The summed E-state index contributed by atoms with van der Waals surface area (Å²) < 4.78 is 41.6. The Hall–Kier alpha value is -4.23. The van der Waals surface area contributed by atoms with E-state index in [0.29, 0.717) is 53.6 Å². The zero-order valence-electron chi connectivity index (χ0n) is 21.9. The molecule has 214 valence electrons. The first-order valence-corrected chi connectivity index (χ1v) is 13.0. The van der Waals surface area contributed by atoms with Gasteiger partial charge in [0, 0.05) is 29.9 Å². The molecule has 10 nitrogen and oxygen atoms in total. The summed E-state index contributed by atoms with van der Waals surface area (Å²) >= 11 is 5.69. The van der Waals surface area contributed by atoms with Gasteiger partial charge in [0.1, 0.15) is 23.9 Å². The highest BCUT2D eigenvalue weighted by Gasteiger charge is 2.34. The third kappa shape index (κ3) is 5.42. The maximum Gasteiger partial charge on any atom is 0.417 e. The average molecular weight is 588 g/mol. The summed E-state index contributed by atoms with van der Waals surface area (Å²) in [5.74, 6) is -0.949. The molecular weight excluding hydrogens is 563 g/mol. The van der Waals surface area contributed by atoms with E-state index in [1.807, 2.05) is 6.92 Å². The predicted molar refractivity (Wildman–Crippen MR) is 146 cm³/mol. The predicted octanol–water partition coefficient (Wildman–Crippen LogP) is 4.46. The Kier molecular flexibility index (Phi) is 7.34. The molecule has 0 spiro atoms. The van der Waals surface area contributed by atoms with Crippen molar-refractivity contribution in [3.8, 4) is 11.3 Å². The molecule has 0 radical (unpaired) electrons. The van der Waals surface area contributed by atoms with Crippen LogP contribution in [0.15, 0.2) is 42.7 Å². The van der Waals surface area contributed by atoms with E-state index in [-0.39, 0.29) is 23.3 Å². The molecule has 4 aromatic rings. The van der Waals surface area contributed by atoms with E-state index in [1.165, 1.54) is 19.3 Å². The number of halogens is 4. The van der Waals surface area contributed by atoms with E-state index in [4.69, 9.17) is 22.4 Å². The molecule has 2 amide bonds. The van der Waals surface area contributed by atoms with Crippen LogP contribution in [0.25, 0.3) is 22.3 Å². The fourth-order valence-corrected chi connectivity index (χ4v) is 5.11. The number of aryl methyl sites for hydroxylation is 1. The summed E-state index contributed by atoms with van der Waals surface area (Å²) in [5.41, 5.74) is 7.52. The van der Waals surface area contributed by atoms with Gasteiger partial charge in [0.15, 0.2) is 5.65 Å². The molecule has 5 rings (SSSR count). The van der Waals surface area contributed by atoms with Crippen molar-refractivity contribution in [2.24, 2.45) is 0 Å². The van der Waals surface area contributed by atoms with Crippen LogP contribution in [-0.4, -0.2) is 60.8 Å². The van der Waals surface area contributed by atoms with Crippen molar-refractivity contribution in [2.45, 2.75) is 38.6 Å². The molecule has 0 unspecified atom stereocenters. The van der Waals surface area contributed by atoms with Crippen LogP contribution in [0.4, 0.5) is 24.7 Å². The Morgan fingerprint density at radius 2 is 1.95 bits per heavy atom. The molecule has 14 heteroatoms. The molecule has 2 aromatic heterocycles. The van der Waals surface area contributed by atoms with Gasteiger partial charge in [-0.15, -0.1) is 0 Å². The highest BCUT2D eigenvalue weighted by atomic mass is 35.5. The number of rotatable bonds is 5. The van der Waals surface area contributed by atoms with Crippen LogP contribution in [0.5, 0.6) is 0 Å². The van der Waals surface area contributed by atoms with Crippen LogP contribution in [0.1, 0.15) is 40.9 Å². The lowest BCUT2D eigenvalue weighted by molar-refractivity contribution is -0.138. The fraction of sp³-hybridized carbons (Fsp3) is 0.296. The SMILES string of the molecule is Cc1ccc(NC(=O)c2ccc(Cl)c(C(F)(F)F)c2)cc1-c1nn([C@@H]2CCN(C(=O)[C@@H](C)O)C2)c2ncnc(N)c12. The quantitative estimate of drug-likeness (QED) is 0.313. The number of fused-ring (bicyclic) bond motifs is 1. The van der Waals surface area contributed by atoms with Gasteiger partial charge in [-0.25, -0.2) is 14.6 Å². The van der Waals surface area contributed by atoms with Gasteiger partial charge in [0.25, 0.3) is 11.8 Å². The lowest BCUT2D eigenvalue weighted by atomic mass is 10.0. The Bertz CT molecular complexity index is 1670. The molecule has 2 atom stereocenters. The van der Waals surface area contributed by atoms with Gasteiger partial charge >= 0.3 is 6.18 Å². The van der Waals surface area contributed by atoms with E-state index in [2.05, 4.69) is 15.3 Å². The molecule has 1 aliphatic rings. The van der Waals surface area contributed by atoms with Crippen molar-refractivity contribution >= 4 is 46.0 Å². The van der Waals surface area contributed by atoms with E-state index >= 15 is 0 Å². The molecule has 0 aliphatic carbocycles. The monoisotopic (exact) mass is 587 g/mol. The molecule has 0 bridgehead atoms. The summed E-state index contributed by atoms with van der Waals surface area (Å²) in [4.78, 5) is 35.3. The summed E-state index contributed by atoms with van der Waals surface area (Å²) in [6.45, 7) is 4.01. The number of aromatic nitrogens is 4. The second-order valence-electron chi connectivity index (χ2n) is 9.83. The van der Waals surface area contributed by atoms with Crippen LogP contribution in [-0.2, 0) is 11.0 Å². The summed E-state index contributed by atoms with van der Waals surface area (Å²) in [5, 5.41) is 17.1. The summed E-state index contributed by atoms with van der Waals surface area (Å²) in [7, 11) is 0. The highest BCUT2D eigenvalue weighted by Crippen LogP contribution is 2.37. The first-order valence-electron chi connectivity index (χ1n) is 12.6. The van der Waals surface area contributed by atoms with Crippen LogP contribution >= 0.6 is 11.6 Å². The Morgan fingerprint density at radius 1 is 1.20 bits per heavy atom. The summed E-state index contributed by atoms with van der Waals surface area (Å²) in [6.07, 6.45) is -3.94. The number of aliphatic hydroxyl groups excluding tert-OH is 1. The van der Waals surface area contributed by atoms with Gasteiger partial charge in [-0.1, -0.05) is 17.7 Å². The molecule has 2 aromatic carbocycles. The molecule has 1 fully saturated rings. The lowest BCUT2D eigenvalue weighted by Crippen LogP contribution is -2.36. The second-order valence-corrected chi connectivity index (χ2v) is 10.2. The van der Waals surface area contributed by atoms with Gasteiger partial charge in [0.05, 0.1) is 22.0 Å². The second kappa shape index (κ2) is 10.6. The molecule has 41 heavy (non-hydrogen) atoms. The minimum Gasteiger partial charge on any atom is -0.384 e. The number of anilines is 2. The van der Waals surface area contributed by atoms with E-state index in [9.17, 15) is 27.9 Å². The number of nitrogens with two attached hydrogens (primary N) is 1. The number of hydrogen-bond acceptors (Lipinski definition) is 7. The Balaban J connectivity index is 1.50. The number of nitrogen functional groups attached to an aromatic ring is 1. The maximum absolute atomic E-state index is 13.3. The number of likely N-dealkylation sites (tertiary alicyclic amines) is 1. The van der Waals surface area contributed by atoms with Gasteiger partial charge in [0.2, 0.25) is 0 Å². The molecule has 1 aliphatic heterocycles. The number of hydrogen-bond donors (Lipinski definition) is 3. The van der Waals surface area contributed by atoms with Crippen LogP contribution in [0.2, 0.25) is 5.02 Å². The number of aliphatic hydroxyl groups is 1. The third-order valence-electron chi connectivity index (χ3n) is 6.98. The zero-order valence-corrected chi connectivity index (χ0v) is 22.7. The smallest absolute Gasteiger partial charge is 0.384 e. The number of nitrogens with zero attached hydrogens (tertiary/aromatic N) is 5. The van der Waals surface area contributed by atoms with Crippen LogP contribution in [0, 0.1) is 6.92 Å². The van der Waals surface area contributed by atoms with Crippen molar-refractivity contribution < 1.29 is 27.9 Å². The van der Waals surface area contributed by atoms with E-state index in [1.54, 1.807) is 27.8 Å². The fourth-order valence-electron chi connectivity index (χ4n) is 4.89. The average Bonchev–Trinajstić information content (AvgIpc) is 3.55. The molecule has 0 saturated carbocycles. The molecule has 4 N–H and O–H groups in total. The standard InChI is InChI=1S/C27H25ClF3N7O3/c1-13-3-5-16(35-25(40)15-4-6-20(28)19(9-15)27(29,30)31)10-18(13)22-21-23(32)33-12-34-24(21)38(36-22)17-7-8-37(11-17)26(41)14(2)39/h3-6,9-10,12,14,17,39H,7-8,11H2,1-2H3,(H,35,40)(H2,32,33,34)/t14-,17-/m1/s1. The minimum absolute atomic E-state index is 0.181. The topological polar surface area (TPSA) is 139 Å². The zero-order chi connectivity index (χ0) is 29.6. The molecular formula is C27H25ClF3N7O3. The number of alkyl halides is 3. The van der Waals surface area contributed by atoms with Gasteiger partial charge < -0.3 is 21.1 Å². The van der Waals surface area contributed by atoms with Crippen molar-refractivity contribution in [3.05, 3.63) is 64.4 Å². The normalized spacial score (nSPS) is 16.3. The van der Waals surface area contributed by atoms with Crippen LogP contribution in [0.3, 0.4) is 0 Å². The Labute approximate surface area is 236 Å². The van der Waals surface area contributed by atoms with Crippen LogP contribution < -0.4 is 11.1 Å². The van der Waals surface area contributed by atoms with E-state index < -0.39 is 28.8 Å². The number of nitrogens with one attached hydrogen (secondary N) is 1. The number of amides is 2. The number of carbonyl (C=O) groups excluding carboxylic acids is 2. The summed E-state index contributed by atoms with van der Waals surface area (Å²) in [6, 6.07) is 7.70. The molecule has 1 saturated heterocycles. The maximum atomic E-state index is 13.3. The van der Waals surface area contributed by atoms with Crippen molar-refractivity contribution in [3.63, 3.8) is 0 Å². The largest absolute Gasteiger partial charge is 0.417 e. The Morgan fingerprint density at radius 3 is 2.66 bits per heavy atom. The lowest BCUT2D eigenvalue weighted by Gasteiger charge is -2.18. The minimum atomic E-state index is -4.72. The van der Waals surface area contributed by atoms with Crippen molar-refractivity contribution in [1.82, 2.24) is 24.6 Å². The highest BCUT2D eigenvalue weighted by molar-refractivity contribution is 6.31. The number of benzene rings is 2. The van der Waals surface area contributed by atoms with Crippen molar-refractivity contribution in [1.29, 1.82) is 0 Å². The first kappa shape index (κ1) is 28.3. The first-order chi connectivity index (χ1) is 19.3. The van der Waals surface area contributed by atoms with Gasteiger partial charge in [-0.2, -0.15) is 18.3 Å². The van der Waals surface area contributed by atoms with Gasteiger partial charge in [-0.05, 0) is 56.2 Å².